The number of ether oxygens (including phenoxy) is 6. The Bertz CT molecular complexity index is 2480. The van der Waals surface area contributed by atoms with Crippen molar-refractivity contribution in [2.45, 2.75) is 149 Å². The lowest BCUT2D eigenvalue weighted by molar-refractivity contribution is -0.149. The first-order valence-electron chi connectivity index (χ1n) is 28.6. The van der Waals surface area contributed by atoms with Gasteiger partial charge in [0.15, 0.2) is 5.78 Å². The average Bonchev–Trinajstić information content (AvgIpc) is 4.15. The second kappa shape index (κ2) is 34.7. The number of halogens is 1. The molecule has 23 heteroatoms. The van der Waals surface area contributed by atoms with E-state index in [4.69, 9.17) is 28.4 Å². The Balaban J connectivity index is 1.46. The molecule has 83 heavy (non-hydrogen) atoms. The number of carbonyl (C=O) groups is 8. The lowest BCUT2D eigenvalue weighted by atomic mass is 9.83. The van der Waals surface area contributed by atoms with E-state index in [1.165, 1.54) is 38.3 Å². The number of nitrogens with one attached hydrogen (secondary N) is 4. The van der Waals surface area contributed by atoms with Gasteiger partial charge in [0.25, 0.3) is 0 Å². The minimum absolute atomic E-state index is 0.0312. The van der Waals surface area contributed by atoms with Crippen molar-refractivity contribution in [2.75, 3.05) is 77.4 Å². The van der Waals surface area contributed by atoms with Crippen LogP contribution in [0.1, 0.15) is 111 Å². The highest BCUT2D eigenvalue weighted by atomic mass is 79.9. The molecular weight excluding hydrogens is 1140 g/mol. The lowest BCUT2D eigenvalue weighted by Crippen LogP contribution is -2.55. The number of ketones is 1. The highest BCUT2D eigenvalue weighted by molar-refractivity contribution is 9.09. The van der Waals surface area contributed by atoms with Crippen molar-refractivity contribution >= 4 is 74.8 Å². The molecule has 22 nitrogen and oxygen atoms in total. The summed E-state index contributed by atoms with van der Waals surface area (Å²) >= 11 is 3.07. The van der Waals surface area contributed by atoms with Gasteiger partial charge in [0.05, 0.1) is 84.7 Å². The van der Waals surface area contributed by atoms with Gasteiger partial charge in [-0.05, 0) is 66.9 Å². The predicted molar refractivity (Wildman–Crippen MR) is 316 cm³/mol. The van der Waals surface area contributed by atoms with Crippen LogP contribution in [0.2, 0.25) is 0 Å². The Kier molecular flexibility index (Phi) is 29.1. The lowest BCUT2D eigenvalue weighted by Gasteiger charge is -2.41. The van der Waals surface area contributed by atoms with E-state index in [0.29, 0.717) is 36.9 Å². The van der Waals surface area contributed by atoms with Crippen LogP contribution >= 0.6 is 15.9 Å². The van der Waals surface area contributed by atoms with Gasteiger partial charge in [-0.25, -0.2) is 9.59 Å². The maximum Gasteiger partial charge on any atom is 0.412 e. The zero-order valence-corrected chi connectivity index (χ0v) is 51.9. The quantitative estimate of drug-likeness (QED) is 0.0390. The molecule has 0 spiro atoms. The normalized spacial score (nSPS) is 19.0. The van der Waals surface area contributed by atoms with E-state index in [1.54, 1.807) is 74.9 Å². The summed E-state index contributed by atoms with van der Waals surface area (Å²) < 4.78 is 33.9. The topological polar surface area (TPSA) is 270 Å². The summed E-state index contributed by atoms with van der Waals surface area (Å²) in [5.41, 5.74) is 1.41. The fourth-order valence-electron chi connectivity index (χ4n) is 10.7. The number of likely N-dealkylation sites (N-methyl/N-ethyl adjacent to an activating group) is 2. The van der Waals surface area contributed by atoms with Crippen molar-refractivity contribution in [2.24, 2.45) is 29.6 Å². The Labute approximate surface area is 497 Å². The average molecular weight is 1230 g/mol. The van der Waals surface area contributed by atoms with Crippen molar-refractivity contribution < 1.29 is 71.9 Å². The summed E-state index contributed by atoms with van der Waals surface area (Å²) in [7, 11) is 6.17. The number of aliphatic hydroxyl groups is 1. The van der Waals surface area contributed by atoms with Gasteiger partial charge in [0.1, 0.15) is 19.5 Å². The van der Waals surface area contributed by atoms with Gasteiger partial charge in [-0.15, -0.1) is 0 Å². The Morgan fingerprint density at radius 1 is 0.855 bits per heavy atom. The summed E-state index contributed by atoms with van der Waals surface area (Å²) in [6, 6.07) is 11.1. The Morgan fingerprint density at radius 3 is 2.20 bits per heavy atom. The van der Waals surface area contributed by atoms with Crippen LogP contribution in [0.15, 0.2) is 60.7 Å². The molecule has 0 saturated carbocycles. The van der Waals surface area contributed by atoms with Crippen LogP contribution in [-0.2, 0) is 63.8 Å². The number of Topliss-reactive ketones (excluding diaryl/α,β-unsaturated/α-hetero) is 1. The molecule has 7 amide bonds. The molecule has 0 aromatic heterocycles. The number of anilines is 2. The molecule has 2 aliphatic rings. The molecule has 2 aromatic rings. The maximum absolute atomic E-state index is 14.9. The van der Waals surface area contributed by atoms with E-state index in [-0.39, 0.29) is 110 Å². The van der Waals surface area contributed by atoms with E-state index in [0.717, 1.165) is 0 Å². The first-order chi connectivity index (χ1) is 39.5. The minimum Gasteiger partial charge on any atom is -0.445 e. The highest BCUT2D eigenvalue weighted by Crippen LogP contribution is 2.32. The third-order valence-corrected chi connectivity index (χ3v) is 16.0. The number of alkyl halides is 1. The Hall–Kier alpha value is -5.98. The third-order valence-electron chi connectivity index (χ3n) is 15.5. The smallest absolute Gasteiger partial charge is 0.412 e. The fourth-order valence-corrected chi connectivity index (χ4v) is 10.9. The number of benzene rings is 2. The summed E-state index contributed by atoms with van der Waals surface area (Å²) in [6.45, 7) is 15.3. The van der Waals surface area contributed by atoms with Gasteiger partial charge in [-0.3, -0.25) is 34.1 Å². The first kappa shape index (κ1) is 69.5. The number of aliphatic hydroxyl groups excluding tert-OH is 1. The van der Waals surface area contributed by atoms with Crippen LogP contribution in [0.25, 0.3) is 0 Å². The van der Waals surface area contributed by atoms with Gasteiger partial charge in [-0.2, -0.15) is 0 Å². The van der Waals surface area contributed by atoms with Gasteiger partial charge in [0, 0.05) is 60.2 Å². The van der Waals surface area contributed by atoms with E-state index in [1.807, 2.05) is 45.9 Å². The monoisotopic (exact) mass is 1230 g/mol. The molecule has 11 atom stereocenters. The molecule has 5 N–H and O–H groups in total. The number of carbonyl (C=O) groups excluding carboxylic acids is 8. The van der Waals surface area contributed by atoms with Crippen molar-refractivity contribution in [1.29, 1.82) is 0 Å². The zero-order valence-electron chi connectivity index (χ0n) is 50.4. The first-order valence-corrected chi connectivity index (χ1v) is 29.7. The summed E-state index contributed by atoms with van der Waals surface area (Å²) in [5.74, 6) is -4.35. The van der Waals surface area contributed by atoms with Crippen LogP contribution < -0.4 is 21.3 Å². The van der Waals surface area contributed by atoms with E-state index < -0.39 is 84.4 Å². The van der Waals surface area contributed by atoms with Gasteiger partial charge in [0.2, 0.25) is 29.5 Å². The highest BCUT2D eigenvalue weighted by Gasteiger charge is 2.44. The third kappa shape index (κ3) is 20.7. The fraction of sp³-hybridized carbons (Fsp3) is 0.633. The molecule has 2 heterocycles. The number of likely N-dealkylation sites (tertiary alicyclic amines) is 1. The van der Waals surface area contributed by atoms with Crippen LogP contribution in [0, 0.1) is 29.6 Å². The number of hydrogen-bond acceptors (Lipinski definition) is 15. The zero-order chi connectivity index (χ0) is 61.5. The number of rotatable bonds is 30. The van der Waals surface area contributed by atoms with Crippen LogP contribution in [0.5, 0.6) is 0 Å². The van der Waals surface area contributed by atoms with Gasteiger partial charge >= 0.3 is 12.2 Å². The second-order valence-corrected chi connectivity index (χ2v) is 22.7. The molecule has 2 aliphatic heterocycles. The molecule has 0 radical (unpaired) electrons. The summed E-state index contributed by atoms with van der Waals surface area (Å²) in [4.78, 5) is 114. The molecule has 1 saturated heterocycles. The van der Waals surface area contributed by atoms with Crippen molar-refractivity contribution in [1.82, 2.24) is 25.3 Å². The standard InChI is InChI=1S/C60H90BrN7O15/c1-13-38(6)54(49(78-11)31-52(72)68-27-17-22-47(68)56(79-12)39(7)57(74)63-40(8)55(73)42-19-15-14-16-20-42)66(9)58(75)44(36(2)3)30-48(69)53(37(4)5)67(10)60(77)82-33-41-23-24-45(46(29-41)64-50(70)25-26-62-51(71)32-61)65-59(76)83-43-21-18-28-80-35-81-34-43/h14-16,18-21,23-24,29,36-40,43-44,47,49,53-56,73H,13,17,22,25-28,30-35H2,1-12H3,(H,62,71)(H,63,74)(H,64,70)(H,65,76)/b21-18+/t38-,39+,40+,43?,44+,47-,49+,53-,54-,55+,56+/m0/s1. The van der Waals surface area contributed by atoms with E-state index in [9.17, 15) is 43.5 Å². The van der Waals surface area contributed by atoms with Crippen LogP contribution in [0.4, 0.5) is 21.0 Å². The van der Waals surface area contributed by atoms with Crippen molar-refractivity contribution in [3.63, 3.8) is 0 Å². The van der Waals surface area contributed by atoms with E-state index >= 15 is 0 Å². The molecule has 1 fully saturated rings. The predicted octanol–water partition coefficient (Wildman–Crippen LogP) is 6.99. The van der Waals surface area contributed by atoms with E-state index in [2.05, 4.69) is 37.2 Å². The van der Waals surface area contributed by atoms with Gasteiger partial charge < -0.3 is 64.2 Å². The SMILES string of the molecule is CC[C@H](C)[C@@H]([C@@H](CC(=O)N1CCC[C@H]1[C@H](OC)[C@@H](C)C(=O)N[C@H](C)[C@@H](O)c1ccccc1)OC)N(C)C(=O)[C@H](CC(=O)[C@H](C(C)C)N(C)C(=O)OCc1ccc(NC(=O)OC2/C=C/COCOC2)c(NC(=O)CCNC(=O)CBr)c1)C(C)C. The molecule has 4 rings (SSSR count). The molecule has 0 aliphatic carbocycles. The van der Waals surface area contributed by atoms with Crippen LogP contribution in [0.3, 0.4) is 0 Å². The molecular formula is C60H90BrN7O15. The molecule has 0 bridgehead atoms. The summed E-state index contributed by atoms with van der Waals surface area (Å²) in [5, 5.41) is 21.9. The maximum atomic E-state index is 14.9. The number of amides is 7. The van der Waals surface area contributed by atoms with Crippen molar-refractivity contribution in [3.8, 4) is 0 Å². The minimum atomic E-state index is -0.998. The van der Waals surface area contributed by atoms with Crippen molar-refractivity contribution in [3.05, 3.63) is 71.8 Å². The molecule has 462 valence electrons. The summed E-state index contributed by atoms with van der Waals surface area (Å²) in [6.07, 6.45) is 0.193. The second-order valence-electron chi connectivity index (χ2n) is 22.1. The Morgan fingerprint density at radius 2 is 1.57 bits per heavy atom. The molecule has 2 aromatic carbocycles. The van der Waals surface area contributed by atoms with Crippen LogP contribution in [-0.4, -0.2) is 177 Å². The number of methoxy groups -OCH3 is 2. The number of nitrogens with zero attached hydrogens (tertiary/aromatic N) is 3. The number of hydrogen-bond donors (Lipinski definition) is 5. The largest absolute Gasteiger partial charge is 0.445 e. The molecule has 1 unspecified atom stereocenters. The van der Waals surface area contributed by atoms with Gasteiger partial charge in [-0.1, -0.05) is 113 Å².